The molecule has 0 saturated carbocycles. The molecule has 39 heavy (non-hydrogen) atoms. The first-order chi connectivity index (χ1) is 18.9. The largest absolute Gasteiger partial charge is 0.369 e. The first-order valence-electron chi connectivity index (χ1n) is 14.0. The third-order valence-electron chi connectivity index (χ3n) is 8.25. The summed E-state index contributed by atoms with van der Waals surface area (Å²) in [6.07, 6.45) is 8.76. The zero-order valence-electron chi connectivity index (χ0n) is 23.6. The summed E-state index contributed by atoms with van der Waals surface area (Å²) < 4.78 is 0. The van der Waals surface area contributed by atoms with Gasteiger partial charge in [-0.2, -0.15) is 0 Å². The molecule has 2 aliphatic heterocycles. The van der Waals surface area contributed by atoms with Gasteiger partial charge in [0.15, 0.2) is 0 Å². The Labute approximate surface area is 233 Å². The van der Waals surface area contributed by atoms with Crippen LogP contribution in [-0.4, -0.2) is 74.0 Å². The van der Waals surface area contributed by atoms with Crippen molar-refractivity contribution in [2.75, 3.05) is 51.2 Å². The highest BCUT2D eigenvalue weighted by atomic mass is 16.2. The molecule has 206 valence electrons. The minimum absolute atomic E-state index is 0.0104. The van der Waals surface area contributed by atoms with Crippen LogP contribution in [0.2, 0.25) is 0 Å². The van der Waals surface area contributed by atoms with E-state index in [1.54, 1.807) is 6.08 Å². The Hall–Kier alpha value is -3.64. The first kappa shape index (κ1) is 28.4. The number of hydrogen-bond acceptors (Lipinski definition) is 4. The number of likely N-dealkylation sites (N-methyl/N-ethyl adjacent to an activating group) is 1. The Bertz CT molecular complexity index is 1190. The van der Waals surface area contributed by atoms with E-state index in [0.29, 0.717) is 31.5 Å². The third kappa shape index (κ3) is 6.51. The predicted octanol–water partition coefficient (Wildman–Crippen LogP) is 4.81. The summed E-state index contributed by atoms with van der Waals surface area (Å²) in [5.74, 6) is 0.0392. The van der Waals surface area contributed by atoms with Gasteiger partial charge in [-0.15, -0.1) is 0 Å². The summed E-state index contributed by atoms with van der Waals surface area (Å²) in [5.41, 5.74) is 3.21. The van der Waals surface area contributed by atoms with Crippen LogP contribution in [0.1, 0.15) is 42.6 Å². The highest BCUT2D eigenvalue weighted by Crippen LogP contribution is 2.37. The fourth-order valence-electron chi connectivity index (χ4n) is 5.65. The number of nitrogens with zero attached hydrogens (tertiary/aromatic N) is 3. The molecular formula is C33H42N4O2. The highest BCUT2D eigenvalue weighted by Gasteiger charge is 2.44. The zero-order valence-corrected chi connectivity index (χ0v) is 23.6. The van der Waals surface area contributed by atoms with Crippen molar-refractivity contribution in [3.05, 3.63) is 102 Å². The second kappa shape index (κ2) is 12.9. The molecule has 0 aliphatic carbocycles. The van der Waals surface area contributed by atoms with Gasteiger partial charge in [-0.3, -0.25) is 9.59 Å². The van der Waals surface area contributed by atoms with E-state index in [1.807, 2.05) is 79.4 Å². The Balaban J connectivity index is 1.46. The predicted molar refractivity (Wildman–Crippen MR) is 160 cm³/mol. The fraction of sp³-hybridized carbons (Fsp3) is 0.394. The lowest BCUT2D eigenvalue weighted by atomic mass is 9.71. The molecule has 0 spiro atoms. The zero-order chi connectivity index (χ0) is 27.8. The molecule has 0 radical (unpaired) electrons. The molecule has 0 bridgehead atoms. The highest BCUT2D eigenvalue weighted by molar-refractivity contribution is 5.95. The smallest absolute Gasteiger partial charge is 0.253 e. The lowest BCUT2D eigenvalue weighted by molar-refractivity contribution is -0.128. The van der Waals surface area contributed by atoms with Gasteiger partial charge >= 0.3 is 0 Å². The minimum Gasteiger partial charge on any atom is -0.369 e. The molecular weight excluding hydrogens is 484 g/mol. The van der Waals surface area contributed by atoms with Crippen molar-refractivity contribution >= 4 is 17.5 Å². The second-order valence-corrected chi connectivity index (χ2v) is 10.7. The number of allylic oxidation sites excluding steroid dienone is 3. The molecule has 0 aromatic heterocycles. The van der Waals surface area contributed by atoms with Crippen LogP contribution < -0.4 is 10.2 Å². The molecule has 2 aromatic carbocycles. The van der Waals surface area contributed by atoms with Crippen molar-refractivity contribution in [2.45, 2.75) is 38.1 Å². The summed E-state index contributed by atoms with van der Waals surface area (Å²) in [4.78, 5) is 33.9. The number of nitrogens with one attached hydrogen (secondary N) is 1. The summed E-state index contributed by atoms with van der Waals surface area (Å²) >= 11 is 0. The maximum Gasteiger partial charge on any atom is 0.253 e. The number of benzene rings is 2. The van der Waals surface area contributed by atoms with Crippen molar-refractivity contribution in [3.8, 4) is 0 Å². The molecule has 4 rings (SSSR count). The van der Waals surface area contributed by atoms with E-state index < -0.39 is 5.41 Å². The van der Waals surface area contributed by atoms with E-state index in [1.165, 1.54) is 0 Å². The maximum atomic E-state index is 13.9. The molecule has 1 N–H and O–H groups in total. The van der Waals surface area contributed by atoms with Crippen LogP contribution >= 0.6 is 0 Å². The van der Waals surface area contributed by atoms with Gasteiger partial charge in [0.1, 0.15) is 0 Å². The lowest BCUT2D eigenvalue weighted by Crippen LogP contribution is -2.54. The molecule has 1 atom stereocenters. The number of carbonyl (C=O) groups is 2. The molecule has 2 heterocycles. The van der Waals surface area contributed by atoms with Gasteiger partial charge in [-0.1, -0.05) is 61.2 Å². The van der Waals surface area contributed by atoms with Gasteiger partial charge < -0.3 is 20.0 Å². The lowest BCUT2D eigenvalue weighted by Gasteiger charge is -2.41. The number of piperidine rings is 1. The molecule has 2 fully saturated rings. The summed E-state index contributed by atoms with van der Waals surface area (Å²) in [6, 6.07) is 17.9. The monoisotopic (exact) mass is 526 g/mol. The van der Waals surface area contributed by atoms with Gasteiger partial charge in [0.2, 0.25) is 5.91 Å². The summed E-state index contributed by atoms with van der Waals surface area (Å²) in [7, 11) is 2.15. The number of piperazine rings is 1. The van der Waals surface area contributed by atoms with Crippen LogP contribution in [0, 0.1) is 0 Å². The van der Waals surface area contributed by atoms with E-state index in [9.17, 15) is 9.59 Å². The molecule has 6 nitrogen and oxygen atoms in total. The van der Waals surface area contributed by atoms with Crippen LogP contribution in [0.15, 0.2) is 91.1 Å². The Morgan fingerprint density at radius 1 is 0.949 bits per heavy atom. The molecule has 2 saturated heterocycles. The van der Waals surface area contributed by atoms with Gasteiger partial charge in [0.25, 0.3) is 5.91 Å². The summed E-state index contributed by atoms with van der Waals surface area (Å²) in [6.45, 7) is 12.9. The van der Waals surface area contributed by atoms with Crippen molar-refractivity contribution < 1.29 is 9.59 Å². The molecule has 2 aliphatic rings. The average Bonchev–Trinajstić information content (AvgIpc) is 2.98. The quantitative estimate of drug-likeness (QED) is 0.502. The van der Waals surface area contributed by atoms with E-state index in [0.717, 1.165) is 43.0 Å². The van der Waals surface area contributed by atoms with Gasteiger partial charge in [-0.25, -0.2) is 0 Å². The number of anilines is 1. The maximum absolute atomic E-state index is 13.9. The van der Waals surface area contributed by atoms with E-state index in [4.69, 9.17) is 0 Å². The number of amides is 2. The Morgan fingerprint density at radius 2 is 1.59 bits per heavy atom. The second-order valence-electron chi connectivity index (χ2n) is 10.7. The van der Waals surface area contributed by atoms with E-state index >= 15 is 0 Å². The standard InChI is InChI=1S/C33H42N4O2/c1-5-7-11-27(6-2)26(3)34-32(39)33(29-12-9-8-10-13-29)18-20-37(21-19-33)31(38)28-14-16-30(17-15-28)36-24-22-35(4)23-25-36/h5-17,26H,1,18-25H2,2-4H3,(H,34,39)/b11-7-,27-6+/t26-/m0/s1. The van der Waals surface area contributed by atoms with Crippen molar-refractivity contribution in [1.82, 2.24) is 15.1 Å². The van der Waals surface area contributed by atoms with Gasteiger partial charge in [0.05, 0.1) is 11.5 Å². The van der Waals surface area contributed by atoms with E-state index in [-0.39, 0.29) is 17.9 Å². The van der Waals surface area contributed by atoms with Crippen molar-refractivity contribution in [1.29, 1.82) is 0 Å². The third-order valence-corrected chi connectivity index (χ3v) is 8.25. The number of carbonyl (C=O) groups excluding carboxylic acids is 2. The first-order valence-corrected chi connectivity index (χ1v) is 14.0. The average molecular weight is 527 g/mol. The van der Waals surface area contributed by atoms with Crippen molar-refractivity contribution in [3.63, 3.8) is 0 Å². The minimum atomic E-state index is -0.682. The van der Waals surface area contributed by atoms with Crippen molar-refractivity contribution in [2.24, 2.45) is 0 Å². The van der Waals surface area contributed by atoms with Crippen LogP contribution in [0.3, 0.4) is 0 Å². The van der Waals surface area contributed by atoms with Gasteiger partial charge in [0, 0.05) is 50.5 Å². The topological polar surface area (TPSA) is 55.9 Å². The fourth-order valence-corrected chi connectivity index (χ4v) is 5.65. The van der Waals surface area contributed by atoms with Gasteiger partial charge in [-0.05, 0) is 69.1 Å². The Morgan fingerprint density at radius 3 is 2.18 bits per heavy atom. The summed E-state index contributed by atoms with van der Waals surface area (Å²) in [5, 5.41) is 3.26. The van der Waals surface area contributed by atoms with Crippen LogP contribution in [0.4, 0.5) is 5.69 Å². The van der Waals surface area contributed by atoms with Crippen LogP contribution in [0.25, 0.3) is 0 Å². The molecule has 2 aromatic rings. The molecule has 0 unspecified atom stereocenters. The molecule has 2 amide bonds. The number of likely N-dealkylation sites (tertiary alicyclic amines) is 1. The number of rotatable bonds is 8. The normalized spacial score (nSPS) is 19.1. The Kier molecular flexibility index (Phi) is 9.41. The van der Waals surface area contributed by atoms with Crippen LogP contribution in [-0.2, 0) is 10.2 Å². The molecule has 6 heteroatoms. The van der Waals surface area contributed by atoms with E-state index in [2.05, 4.69) is 40.9 Å². The van der Waals surface area contributed by atoms with Crippen LogP contribution in [0.5, 0.6) is 0 Å². The number of hydrogen-bond donors (Lipinski definition) is 1. The SMILES string of the molecule is C=C/C=C\C(=C/C)[C@H](C)NC(=O)C1(c2ccccc2)CCN(C(=O)c2ccc(N3CCN(C)CC3)cc2)CC1.